The number of nitrogens with zero attached hydrogens (tertiary/aromatic N) is 2. The van der Waals surface area contributed by atoms with Gasteiger partial charge in [-0.1, -0.05) is 37.8 Å². The Hall–Kier alpha value is -1.36. The van der Waals surface area contributed by atoms with E-state index in [0.717, 1.165) is 32.5 Å². The molecule has 1 aliphatic rings. The molecule has 168 valence electrons. The second kappa shape index (κ2) is 17.5. The second-order valence-electron chi connectivity index (χ2n) is 8.41. The molecule has 0 unspecified atom stereocenters. The Balaban J connectivity index is 2.34. The Morgan fingerprint density at radius 1 is 0.828 bits per heavy atom. The minimum atomic E-state index is -0.00730. The third-order valence-corrected chi connectivity index (χ3v) is 5.68. The first kappa shape index (κ1) is 25.7. The number of carbonyl (C=O) groups is 2. The van der Waals surface area contributed by atoms with Crippen LogP contribution in [0.2, 0.25) is 0 Å². The maximum atomic E-state index is 11.9. The SMILES string of the molecule is CC(=O)NCCCN(CCCN1CCCCC=CCCCCCCCC1)C(C)=O. The van der Waals surface area contributed by atoms with Crippen molar-refractivity contribution in [2.75, 3.05) is 39.3 Å². The zero-order chi connectivity index (χ0) is 21.2. The van der Waals surface area contributed by atoms with E-state index in [1.807, 2.05) is 4.90 Å². The van der Waals surface area contributed by atoms with E-state index >= 15 is 0 Å². The standard InChI is InChI=1S/C24H45N3O2/c1-23(28)25-17-15-21-27(24(2)29)22-16-20-26-18-13-11-9-7-5-3-4-6-8-10-12-14-19-26/h5,7H,3-4,6,8-22H2,1-2H3,(H,25,28). The number of hydrogen-bond acceptors (Lipinski definition) is 3. The molecule has 5 nitrogen and oxygen atoms in total. The van der Waals surface area contributed by atoms with Crippen molar-refractivity contribution in [3.63, 3.8) is 0 Å². The molecule has 0 saturated carbocycles. The van der Waals surface area contributed by atoms with E-state index < -0.39 is 0 Å². The predicted octanol–water partition coefficient (Wildman–Crippen LogP) is 4.52. The molecule has 1 heterocycles. The summed E-state index contributed by atoms with van der Waals surface area (Å²) < 4.78 is 0. The van der Waals surface area contributed by atoms with Gasteiger partial charge in [-0.3, -0.25) is 9.59 Å². The van der Waals surface area contributed by atoms with E-state index in [4.69, 9.17) is 0 Å². The molecular weight excluding hydrogens is 362 g/mol. The van der Waals surface area contributed by atoms with Gasteiger partial charge in [0.05, 0.1) is 0 Å². The van der Waals surface area contributed by atoms with Gasteiger partial charge in [0.2, 0.25) is 11.8 Å². The van der Waals surface area contributed by atoms with Crippen molar-refractivity contribution in [2.24, 2.45) is 0 Å². The molecule has 0 bridgehead atoms. The van der Waals surface area contributed by atoms with E-state index in [2.05, 4.69) is 22.4 Å². The lowest BCUT2D eigenvalue weighted by Crippen LogP contribution is -2.35. The first-order chi connectivity index (χ1) is 14.1. The van der Waals surface area contributed by atoms with E-state index in [9.17, 15) is 9.59 Å². The number of carbonyl (C=O) groups excluding carboxylic acids is 2. The molecule has 5 heteroatoms. The van der Waals surface area contributed by atoms with Crippen LogP contribution < -0.4 is 5.32 Å². The molecule has 0 aromatic heterocycles. The van der Waals surface area contributed by atoms with Crippen LogP contribution in [0.4, 0.5) is 0 Å². The number of rotatable bonds is 8. The molecular formula is C24H45N3O2. The first-order valence-corrected chi connectivity index (χ1v) is 12.0. The number of allylic oxidation sites excluding steroid dienone is 2. The van der Waals surface area contributed by atoms with Gasteiger partial charge in [-0.25, -0.2) is 0 Å². The van der Waals surface area contributed by atoms with Crippen LogP contribution >= 0.6 is 0 Å². The van der Waals surface area contributed by atoms with Crippen molar-refractivity contribution in [1.82, 2.24) is 15.1 Å². The predicted molar refractivity (Wildman–Crippen MR) is 122 cm³/mol. The van der Waals surface area contributed by atoms with Crippen LogP contribution in [0.5, 0.6) is 0 Å². The number of hydrogen-bond donors (Lipinski definition) is 1. The highest BCUT2D eigenvalue weighted by molar-refractivity contribution is 5.73. The average molecular weight is 408 g/mol. The smallest absolute Gasteiger partial charge is 0.219 e. The van der Waals surface area contributed by atoms with Gasteiger partial charge in [0.25, 0.3) is 0 Å². The van der Waals surface area contributed by atoms with E-state index in [-0.39, 0.29) is 11.8 Å². The summed E-state index contributed by atoms with van der Waals surface area (Å²) >= 11 is 0. The highest BCUT2D eigenvalue weighted by atomic mass is 16.2. The molecule has 0 spiro atoms. The summed E-state index contributed by atoms with van der Waals surface area (Å²) in [5.74, 6) is 0.129. The Labute approximate surface area is 179 Å². The molecule has 0 fully saturated rings. The van der Waals surface area contributed by atoms with Crippen LogP contribution in [0.1, 0.15) is 90.9 Å². The molecule has 29 heavy (non-hydrogen) atoms. The zero-order valence-corrected chi connectivity index (χ0v) is 19.1. The maximum absolute atomic E-state index is 11.9. The van der Waals surface area contributed by atoms with Crippen LogP contribution in [0.3, 0.4) is 0 Å². The minimum Gasteiger partial charge on any atom is -0.356 e. The Kier molecular flexibility index (Phi) is 15.5. The van der Waals surface area contributed by atoms with Crippen LogP contribution in [-0.4, -0.2) is 60.9 Å². The van der Waals surface area contributed by atoms with Crippen LogP contribution in [-0.2, 0) is 9.59 Å². The van der Waals surface area contributed by atoms with Crippen LogP contribution in [0.15, 0.2) is 12.2 Å². The van der Waals surface area contributed by atoms with Crippen molar-refractivity contribution in [2.45, 2.75) is 90.9 Å². The Morgan fingerprint density at radius 3 is 2.03 bits per heavy atom. The molecule has 0 atom stereocenters. The first-order valence-electron chi connectivity index (χ1n) is 12.0. The van der Waals surface area contributed by atoms with E-state index in [0.29, 0.717) is 6.54 Å². The van der Waals surface area contributed by atoms with Gasteiger partial charge in [0.15, 0.2) is 0 Å². The summed E-state index contributed by atoms with van der Waals surface area (Å²) in [7, 11) is 0. The minimum absolute atomic E-state index is 0.00730. The van der Waals surface area contributed by atoms with Gasteiger partial charge in [0.1, 0.15) is 0 Å². The molecule has 0 saturated heterocycles. The lowest BCUT2D eigenvalue weighted by atomic mass is 10.1. The molecule has 0 radical (unpaired) electrons. The topological polar surface area (TPSA) is 52.7 Å². The molecule has 1 aliphatic heterocycles. The highest BCUT2D eigenvalue weighted by Gasteiger charge is 2.10. The molecule has 1 N–H and O–H groups in total. The maximum Gasteiger partial charge on any atom is 0.219 e. The van der Waals surface area contributed by atoms with Gasteiger partial charge < -0.3 is 15.1 Å². The Morgan fingerprint density at radius 2 is 1.38 bits per heavy atom. The monoisotopic (exact) mass is 407 g/mol. The van der Waals surface area contributed by atoms with Gasteiger partial charge in [0, 0.05) is 33.5 Å². The molecule has 1 rings (SSSR count). The summed E-state index contributed by atoms with van der Waals surface area (Å²) in [5.41, 5.74) is 0. The zero-order valence-electron chi connectivity index (χ0n) is 19.1. The molecule has 0 aromatic rings. The summed E-state index contributed by atoms with van der Waals surface area (Å²) in [4.78, 5) is 27.4. The summed E-state index contributed by atoms with van der Waals surface area (Å²) in [6.45, 7) is 8.80. The average Bonchev–Trinajstić information content (AvgIpc) is 2.69. The fraction of sp³-hybridized carbons (Fsp3) is 0.833. The third-order valence-electron chi connectivity index (χ3n) is 5.68. The molecule has 0 aromatic carbocycles. The molecule has 0 aliphatic carbocycles. The molecule has 2 amide bonds. The van der Waals surface area contributed by atoms with Gasteiger partial charge in [-0.2, -0.15) is 0 Å². The Bertz CT molecular complexity index is 465. The van der Waals surface area contributed by atoms with E-state index in [1.54, 1.807) is 6.92 Å². The lowest BCUT2D eigenvalue weighted by Gasteiger charge is -2.25. The largest absolute Gasteiger partial charge is 0.356 e. The quantitative estimate of drug-likeness (QED) is 0.475. The fourth-order valence-electron chi connectivity index (χ4n) is 3.92. The van der Waals surface area contributed by atoms with Crippen molar-refractivity contribution in [3.05, 3.63) is 12.2 Å². The fourth-order valence-corrected chi connectivity index (χ4v) is 3.92. The van der Waals surface area contributed by atoms with Crippen molar-refractivity contribution in [3.8, 4) is 0 Å². The van der Waals surface area contributed by atoms with Gasteiger partial charge in [-0.05, 0) is 71.0 Å². The van der Waals surface area contributed by atoms with Crippen molar-refractivity contribution < 1.29 is 9.59 Å². The van der Waals surface area contributed by atoms with Crippen LogP contribution in [0, 0.1) is 0 Å². The summed E-state index contributed by atoms with van der Waals surface area (Å²) in [6.07, 6.45) is 19.7. The van der Waals surface area contributed by atoms with Gasteiger partial charge in [-0.15, -0.1) is 0 Å². The van der Waals surface area contributed by atoms with Gasteiger partial charge >= 0.3 is 0 Å². The second-order valence-corrected chi connectivity index (χ2v) is 8.41. The highest BCUT2D eigenvalue weighted by Crippen LogP contribution is 2.11. The number of amides is 2. The van der Waals surface area contributed by atoms with Crippen molar-refractivity contribution >= 4 is 11.8 Å². The summed E-state index contributed by atoms with van der Waals surface area (Å²) in [6, 6.07) is 0. The third kappa shape index (κ3) is 15.2. The summed E-state index contributed by atoms with van der Waals surface area (Å²) in [5, 5.41) is 2.80. The van der Waals surface area contributed by atoms with Crippen molar-refractivity contribution in [1.29, 1.82) is 0 Å². The normalized spacial score (nSPS) is 17.9. The number of nitrogens with one attached hydrogen (secondary N) is 1. The lowest BCUT2D eigenvalue weighted by molar-refractivity contribution is -0.129. The van der Waals surface area contributed by atoms with E-state index in [1.165, 1.54) is 84.2 Å². The van der Waals surface area contributed by atoms with Crippen LogP contribution in [0.25, 0.3) is 0 Å².